The maximum absolute atomic E-state index is 14.2. The van der Waals surface area contributed by atoms with Crippen molar-refractivity contribution < 1.29 is 23.1 Å². The third-order valence-corrected chi connectivity index (χ3v) is 8.73. The minimum absolute atomic E-state index is 0.126. The van der Waals surface area contributed by atoms with Crippen molar-refractivity contribution in [2.24, 2.45) is 0 Å². The van der Waals surface area contributed by atoms with Crippen molar-refractivity contribution in [3.63, 3.8) is 0 Å². The maximum atomic E-state index is 14.2. The molecule has 0 radical (unpaired) electrons. The first-order valence-corrected chi connectivity index (χ1v) is 14.9. The van der Waals surface area contributed by atoms with E-state index in [2.05, 4.69) is 11.1 Å². The van der Waals surface area contributed by atoms with Gasteiger partial charge in [-0.2, -0.15) is 5.26 Å². The van der Waals surface area contributed by atoms with Crippen molar-refractivity contribution >= 4 is 22.7 Å². The predicted molar refractivity (Wildman–Crippen MR) is 161 cm³/mol. The van der Waals surface area contributed by atoms with Crippen LogP contribution in [0, 0.1) is 23.0 Å². The van der Waals surface area contributed by atoms with Gasteiger partial charge in [0.2, 0.25) is 0 Å². The van der Waals surface area contributed by atoms with E-state index >= 15 is 0 Å². The summed E-state index contributed by atoms with van der Waals surface area (Å²) in [5.74, 6) is -1.45. The van der Waals surface area contributed by atoms with Crippen molar-refractivity contribution in [2.75, 3.05) is 26.2 Å². The molecule has 0 atom stereocenters. The molecule has 44 heavy (non-hydrogen) atoms. The highest BCUT2D eigenvalue weighted by atomic mass is 19.1. The summed E-state index contributed by atoms with van der Waals surface area (Å²) in [7, 11) is 0. The molecule has 2 aliphatic rings. The van der Waals surface area contributed by atoms with Gasteiger partial charge in [0.05, 0.1) is 22.6 Å². The lowest BCUT2D eigenvalue weighted by Crippen LogP contribution is -2.45. The number of aromatic nitrogens is 1. The Kier molecular flexibility index (Phi) is 8.25. The number of halogens is 2. The minimum Gasteiger partial charge on any atom is -0.489 e. The van der Waals surface area contributed by atoms with Crippen LogP contribution in [0.1, 0.15) is 64.1 Å². The quantitative estimate of drug-likeness (QED) is 0.257. The summed E-state index contributed by atoms with van der Waals surface area (Å²) >= 11 is 0. The summed E-state index contributed by atoms with van der Waals surface area (Å²) in [6, 6.07) is 22.1. The number of carbonyl (C=O) groups excluding carboxylic acids is 2. The summed E-state index contributed by atoms with van der Waals surface area (Å²) in [5, 5.41) is 10.6. The van der Waals surface area contributed by atoms with E-state index < -0.39 is 17.0 Å². The van der Waals surface area contributed by atoms with Gasteiger partial charge in [-0.05, 0) is 74.1 Å². The second-order valence-corrected chi connectivity index (χ2v) is 11.5. The molecule has 4 aromatic rings. The zero-order valence-electron chi connectivity index (χ0n) is 24.3. The van der Waals surface area contributed by atoms with Gasteiger partial charge in [-0.1, -0.05) is 30.3 Å². The van der Waals surface area contributed by atoms with Crippen LogP contribution in [0.2, 0.25) is 0 Å². The number of rotatable bonds is 6. The number of nitriles is 1. The second kappa shape index (κ2) is 12.4. The van der Waals surface area contributed by atoms with Crippen molar-refractivity contribution in [3.05, 3.63) is 107 Å². The van der Waals surface area contributed by atoms with Crippen LogP contribution >= 0.6 is 0 Å². The fourth-order valence-corrected chi connectivity index (χ4v) is 6.12. The number of hydrogen-bond acceptors (Lipinski definition) is 5. The molecule has 3 aromatic carbocycles. The lowest BCUT2D eigenvalue weighted by atomic mass is 9.74. The van der Waals surface area contributed by atoms with Crippen LogP contribution in [0.5, 0.6) is 5.75 Å². The number of fused-ring (bicyclic) bond motifs is 1. The number of carbonyl (C=O) groups is 2. The Bertz CT molecular complexity index is 1740. The van der Waals surface area contributed by atoms with Gasteiger partial charge < -0.3 is 14.5 Å². The SMILES string of the molecule is N#CC1(c2ccccc2)CCN(C(=O)c2cc(C(=O)N3CCCCC3)c3cc(OCc4ccc(F)cc4F)ccc3n2)CC1. The van der Waals surface area contributed by atoms with Crippen LogP contribution in [0.4, 0.5) is 8.78 Å². The van der Waals surface area contributed by atoms with Crippen molar-refractivity contribution in [1.29, 1.82) is 5.26 Å². The molecule has 6 rings (SSSR count). The summed E-state index contributed by atoms with van der Waals surface area (Å²) < 4.78 is 33.3. The molecule has 0 spiro atoms. The van der Waals surface area contributed by atoms with E-state index in [0.29, 0.717) is 61.2 Å². The molecule has 2 aliphatic heterocycles. The van der Waals surface area contributed by atoms with Crippen LogP contribution in [0.3, 0.4) is 0 Å². The zero-order valence-corrected chi connectivity index (χ0v) is 24.3. The van der Waals surface area contributed by atoms with E-state index in [1.165, 1.54) is 12.1 Å². The van der Waals surface area contributed by atoms with Crippen LogP contribution in [-0.4, -0.2) is 52.8 Å². The number of pyridine rings is 1. The third kappa shape index (κ3) is 5.85. The Hall–Kier alpha value is -4.84. The standard InChI is InChI=1S/C35H32F2N4O3/c36-26-10-9-24(30(37)19-26)22-44-27-11-12-31-28(20-27)29(33(42)40-15-5-2-6-16-40)21-32(39-31)34(43)41-17-13-35(23-38,14-18-41)25-7-3-1-4-8-25/h1,3-4,7-12,19-21H,2,5-6,13-18,22H2. The van der Waals surface area contributed by atoms with Gasteiger partial charge in [0.25, 0.3) is 11.8 Å². The van der Waals surface area contributed by atoms with E-state index in [1.54, 1.807) is 34.1 Å². The number of nitrogens with zero attached hydrogens (tertiary/aromatic N) is 4. The average Bonchev–Trinajstić information content (AvgIpc) is 3.07. The fraction of sp³-hybridized carbons (Fsp3) is 0.314. The molecule has 0 unspecified atom stereocenters. The molecule has 3 heterocycles. The molecule has 0 saturated carbocycles. The van der Waals surface area contributed by atoms with Crippen molar-refractivity contribution in [3.8, 4) is 11.8 Å². The largest absolute Gasteiger partial charge is 0.489 e. The normalized spacial score (nSPS) is 16.4. The number of benzene rings is 3. The van der Waals surface area contributed by atoms with E-state index in [1.807, 2.05) is 30.3 Å². The minimum atomic E-state index is -0.704. The van der Waals surface area contributed by atoms with Gasteiger partial charge in [-0.3, -0.25) is 9.59 Å². The molecule has 0 aliphatic carbocycles. The average molecular weight is 595 g/mol. The summed E-state index contributed by atoms with van der Waals surface area (Å²) in [6.07, 6.45) is 3.89. The number of ether oxygens (including phenoxy) is 1. The van der Waals surface area contributed by atoms with Gasteiger partial charge >= 0.3 is 0 Å². The molecule has 2 fully saturated rings. The highest BCUT2D eigenvalue weighted by molar-refractivity contribution is 6.09. The molecule has 2 saturated heterocycles. The first-order chi connectivity index (χ1) is 21.4. The number of piperidine rings is 2. The number of hydrogen-bond donors (Lipinski definition) is 0. The molecule has 0 bridgehead atoms. The van der Waals surface area contributed by atoms with E-state index in [9.17, 15) is 23.6 Å². The van der Waals surface area contributed by atoms with Crippen LogP contribution in [0.15, 0.2) is 72.8 Å². The maximum Gasteiger partial charge on any atom is 0.272 e. The van der Waals surface area contributed by atoms with Gasteiger partial charge in [-0.25, -0.2) is 13.8 Å². The van der Waals surface area contributed by atoms with Gasteiger partial charge in [0, 0.05) is 43.2 Å². The molecule has 0 N–H and O–H groups in total. The molecular formula is C35H32F2N4O3. The van der Waals surface area contributed by atoms with E-state index in [-0.39, 0.29) is 29.7 Å². The van der Waals surface area contributed by atoms with Crippen LogP contribution < -0.4 is 4.74 Å². The molecule has 9 heteroatoms. The van der Waals surface area contributed by atoms with Crippen LogP contribution in [-0.2, 0) is 12.0 Å². The predicted octanol–water partition coefficient (Wildman–Crippen LogP) is 6.42. The first kappa shape index (κ1) is 29.2. The lowest BCUT2D eigenvalue weighted by molar-refractivity contribution is 0.0686. The highest BCUT2D eigenvalue weighted by Crippen LogP contribution is 2.35. The molecule has 224 valence electrons. The smallest absolute Gasteiger partial charge is 0.272 e. The van der Waals surface area contributed by atoms with Crippen molar-refractivity contribution in [2.45, 2.75) is 44.1 Å². The third-order valence-electron chi connectivity index (χ3n) is 8.73. The Morgan fingerprint density at radius 1 is 0.864 bits per heavy atom. The Morgan fingerprint density at radius 3 is 2.30 bits per heavy atom. The van der Waals surface area contributed by atoms with E-state index in [0.717, 1.165) is 30.9 Å². The highest BCUT2D eigenvalue weighted by Gasteiger charge is 2.38. The monoisotopic (exact) mass is 594 g/mol. The first-order valence-electron chi connectivity index (χ1n) is 14.9. The summed E-state index contributed by atoms with van der Waals surface area (Å²) in [4.78, 5) is 35.8. The van der Waals surface area contributed by atoms with Crippen molar-refractivity contribution in [1.82, 2.24) is 14.8 Å². The summed E-state index contributed by atoms with van der Waals surface area (Å²) in [6.45, 7) is 1.92. The van der Waals surface area contributed by atoms with Gasteiger partial charge in [0.15, 0.2) is 0 Å². The second-order valence-electron chi connectivity index (χ2n) is 11.5. The van der Waals surface area contributed by atoms with Gasteiger partial charge in [-0.15, -0.1) is 0 Å². The fourth-order valence-electron chi connectivity index (χ4n) is 6.12. The lowest BCUT2D eigenvalue weighted by Gasteiger charge is -2.37. The molecule has 7 nitrogen and oxygen atoms in total. The number of amides is 2. The molecule has 1 aromatic heterocycles. The summed E-state index contributed by atoms with van der Waals surface area (Å²) in [5.41, 5.74) is 1.48. The molecular weight excluding hydrogens is 562 g/mol. The Balaban J connectivity index is 1.29. The van der Waals surface area contributed by atoms with Gasteiger partial charge in [0.1, 0.15) is 29.7 Å². The number of likely N-dealkylation sites (tertiary alicyclic amines) is 2. The zero-order chi connectivity index (χ0) is 30.7. The molecule has 2 amide bonds. The Morgan fingerprint density at radius 2 is 1.59 bits per heavy atom. The topological polar surface area (TPSA) is 86.5 Å². The van der Waals surface area contributed by atoms with E-state index in [4.69, 9.17) is 4.74 Å². The Labute approximate surface area is 254 Å². The van der Waals surface area contributed by atoms with Crippen LogP contribution in [0.25, 0.3) is 10.9 Å².